The summed E-state index contributed by atoms with van der Waals surface area (Å²) in [6, 6.07) is 9.25. The summed E-state index contributed by atoms with van der Waals surface area (Å²) < 4.78 is 0. The molecule has 18 heavy (non-hydrogen) atoms. The van der Waals surface area contributed by atoms with Gasteiger partial charge in [-0.1, -0.05) is 30.3 Å². The van der Waals surface area contributed by atoms with Crippen LogP contribution < -0.4 is 17.0 Å². The smallest absolute Gasteiger partial charge is 0.242 e. The SMILES string of the molecule is CN(CC(N)=O)CC(C(=O)NN)c1ccccc1. The highest BCUT2D eigenvalue weighted by atomic mass is 16.2. The number of benzene rings is 1. The Balaban J connectivity index is 2.80. The predicted octanol–water partition coefficient (Wildman–Crippen LogP) is -0.823. The van der Waals surface area contributed by atoms with Crippen molar-refractivity contribution in [2.45, 2.75) is 5.92 Å². The molecule has 0 fully saturated rings. The van der Waals surface area contributed by atoms with E-state index in [0.29, 0.717) is 6.54 Å². The Morgan fingerprint density at radius 1 is 1.33 bits per heavy atom. The number of likely N-dealkylation sites (N-methyl/N-ethyl adjacent to an activating group) is 1. The molecule has 0 aliphatic heterocycles. The van der Waals surface area contributed by atoms with Crippen molar-refractivity contribution < 1.29 is 9.59 Å². The average molecular weight is 250 g/mol. The molecule has 0 saturated heterocycles. The topological polar surface area (TPSA) is 101 Å². The van der Waals surface area contributed by atoms with Crippen molar-refractivity contribution >= 4 is 11.8 Å². The Bertz CT molecular complexity index is 408. The van der Waals surface area contributed by atoms with Crippen LogP contribution in [-0.4, -0.2) is 36.9 Å². The number of nitrogens with zero attached hydrogens (tertiary/aromatic N) is 1. The first kappa shape index (κ1) is 14.1. The van der Waals surface area contributed by atoms with Crippen molar-refractivity contribution in [2.24, 2.45) is 11.6 Å². The lowest BCUT2D eigenvalue weighted by atomic mass is 9.98. The van der Waals surface area contributed by atoms with E-state index in [-0.39, 0.29) is 12.5 Å². The van der Waals surface area contributed by atoms with E-state index < -0.39 is 11.8 Å². The van der Waals surface area contributed by atoms with Crippen LogP contribution in [0.15, 0.2) is 30.3 Å². The van der Waals surface area contributed by atoms with Crippen LogP contribution in [0.25, 0.3) is 0 Å². The number of hydrogen-bond acceptors (Lipinski definition) is 4. The minimum Gasteiger partial charge on any atom is -0.369 e. The highest BCUT2D eigenvalue weighted by molar-refractivity contribution is 5.83. The van der Waals surface area contributed by atoms with Crippen LogP contribution in [0, 0.1) is 0 Å². The Hall–Kier alpha value is -1.92. The number of carbonyl (C=O) groups is 2. The van der Waals surface area contributed by atoms with Crippen molar-refractivity contribution in [3.05, 3.63) is 35.9 Å². The lowest BCUT2D eigenvalue weighted by molar-refractivity contribution is -0.124. The van der Waals surface area contributed by atoms with E-state index in [1.165, 1.54) is 0 Å². The third-order valence-electron chi connectivity index (χ3n) is 2.58. The zero-order chi connectivity index (χ0) is 13.5. The van der Waals surface area contributed by atoms with Crippen molar-refractivity contribution in [3.63, 3.8) is 0 Å². The van der Waals surface area contributed by atoms with Gasteiger partial charge < -0.3 is 5.73 Å². The van der Waals surface area contributed by atoms with Gasteiger partial charge in [-0.3, -0.25) is 19.9 Å². The van der Waals surface area contributed by atoms with Crippen LogP contribution in [0.1, 0.15) is 11.5 Å². The number of carbonyl (C=O) groups excluding carboxylic acids is 2. The number of rotatable bonds is 6. The van der Waals surface area contributed by atoms with Gasteiger partial charge in [-0.25, -0.2) is 5.84 Å². The molecule has 6 nitrogen and oxygen atoms in total. The lowest BCUT2D eigenvalue weighted by Crippen LogP contribution is -2.41. The van der Waals surface area contributed by atoms with Crippen LogP contribution >= 0.6 is 0 Å². The van der Waals surface area contributed by atoms with Crippen molar-refractivity contribution in [3.8, 4) is 0 Å². The van der Waals surface area contributed by atoms with Gasteiger partial charge >= 0.3 is 0 Å². The van der Waals surface area contributed by atoms with Crippen LogP contribution in [-0.2, 0) is 9.59 Å². The van der Waals surface area contributed by atoms with E-state index in [1.807, 2.05) is 30.3 Å². The van der Waals surface area contributed by atoms with Crippen molar-refractivity contribution in [1.82, 2.24) is 10.3 Å². The van der Waals surface area contributed by atoms with Crippen molar-refractivity contribution in [2.75, 3.05) is 20.1 Å². The second kappa shape index (κ2) is 6.73. The second-order valence-electron chi connectivity index (χ2n) is 4.13. The molecule has 1 rings (SSSR count). The molecule has 0 aliphatic carbocycles. The van der Waals surface area contributed by atoms with Crippen LogP contribution in [0.2, 0.25) is 0 Å². The summed E-state index contributed by atoms with van der Waals surface area (Å²) in [5.74, 6) is 4.02. The minimum absolute atomic E-state index is 0.0984. The van der Waals surface area contributed by atoms with E-state index in [4.69, 9.17) is 11.6 Å². The Labute approximate surface area is 106 Å². The summed E-state index contributed by atoms with van der Waals surface area (Å²) in [6.45, 7) is 0.469. The van der Waals surface area contributed by atoms with Crippen LogP contribution in [0.5, 0.6) is 0 Å². The van der Waals surface area contributed by atoms with Gasteiger partial charge in [0.25, 0.3) is 0 Å². The lowest BCUT2D eigenvalue weighted by Gasteiger charge is -2.22. The molecule has 0 spiro atoms. The zero-order valence-corrected chi connectivity index (χ0v) is 10.3. The van der Waals surface area contributed by atoms with E-state index in [2.05, 4.69) is 5.43 Å². The molecular weight excluding hydrogens is 232 g/mol. The first-order chi connectivity index (χ1) is 8.54. The summed E-state index contributed by atoms with van der Waals surface area (Å²) in [5, 5.41) is 0. The fourth-order valence-electron chi connectivity index (χ4n) is 1.77. The summed E-state index contributed by atoms with van der Waals surface area (Å²) in [6.07, 6.45) is 0. The number of amides is 2. The summed E-state index contributed by atoms with van der Waals surface area (Å²) in [7, 11) is 1.73. The molecule has 0 saturated carbocycles. The van der Waals surface area contributed by atoms with E-state index in [0.717, 1.165) is 5.56 Å². The molecule has 2 amide bonds. The van der Waals surface area contributed by atoms with Gasteiger partial charge in [-0.15, -0.1) is 0 Å². The molecular formula is C12H18N4O2. The van der Waals surface area contributed by atoms with E-state index in [1.54, 1.807) is 11.9 Å². The quantitative estimate of drug-likeness (QED) is 0.348. The van der Waals surface area contributed by atoms with E-state index >= 15 is 0 Å². The average Bonchev–Trinajstić information content (AvgIpc) is 2.35. The van der Waals surface area contributed by atoms with Gasteiger partial charge in [-0.2, -0.15) is 0 Å². The van der Waals surface area contributed by atoms with Gasteiger partial charge in [0.2, 0.25) is 11.8 Å². The fourth-order valence-corrected chi connectivity index (χ4v) is 1.77. The number of hydrazine groups is 1. The van der Waals surface area contributed by atoms with Crippen molar-refractivity contribution in [1.29, 1.82) is 0 Å². The van der Waals surface area contributed by atoms with Gasteiger partial charge in [0, 0.05) is 6.54 Å². The molecule has 98 valence electrons. The first-order valence-corrected chi connectivity index (χ1v) is 5.57. The third-order valence-corrected chi connectivity index (χ3v) is 2.58. The molecule has 1 aromatic rings. The van der Waals surface area contributed by atoms with Gasteiger partial charge in [0.15, 0.2) is 0 Å². The molecule has 1 unspecified atom stereocenters. The first-order valence-electron chi connectivity index (χ1n) is 5.57. The van der Waals surface area contributed by atoms with Crippen LogP contribution in [0.4, 0.5) is 0 Å². The highest BCUT2D eigenvalue weighted by Gasteiger charge is 2.21. The minimum atomic E-state index is -0.433. The Kier molecular flexibility index (Phi) is 5.29. The summed E-state index contributed by atoms with van der Waals surface area (Å²) in [4.78, 5) is 24.3. The normalized spacial score (nSPS) is 12.2. The molecule has 6 heteroatoms. The molecule has 0 heterocycles. The molecule has 0 radical (unpaired) electrons. The maximum atomic E-state index is 11.8. The number of nitrogens with one attached hydrogen (secondary N) is 1. The van der Waals surface area contributed by atoms with Gasteiger partial charge in [0.1, 0.15) is 0 Å². The molecule has 1 aromatic carbocycles. The largest absolute Gasteiger partial charge is 0.369 e. The highest BCUT2D eigenvalue weighted by Crippen LogP contribution is 2.16. The summed E-state index contributed by atoms with van der Waals surface area (Å²) >= 11 is 0. The number of primary amides is 1. The maximum Gasteiger partial charge on any atom is 0.242 e. The van der Waals surface area contributed by atoms with Gasteiger partial charge in [-0.05, 0) is 12.6 Å². The molecule has 0 bridgehead atoms. The monoisotopic (exact) mass is 250 g/mol. The molecule has 1 atom stereocenters. The molecule has 5 N–H and O–H groups in total. The summed E-state index contributed by atoms with van der Waals surface area (Å²) in [5.41, 5.74) is 8.10. The standard InChI is InChI=1S/C12H18N4O2/c1-16(8-11(13)17)7-10(12(18)15-14)9-5-3-2-4-6-9/h2-6,10H,7-8,14H2,1H3,(H2,13,17)(H,15,18). The fraction of sp³-hybridized carbons (Fsp3) is 0.333. The Morgan fingerprint density at radius 2 is 1.94 bits per heavy atom. The maximum absolute atomic E-state index is 11.8. The third kappa shape index (κ3) is 4.15. The second-order valence-corrected chi connectivity index (χ2v) is 4.13. The number of nitrogens with two attached hydrogens (primary N) is 2. The van der Waals surface area contributed by atoms with Gasteiger partial charge in [0.05, 0.1) is 12.5 Å². The number of hydrogen-bond donors (Lipinski definition) is 3. The Morgan fingerprint density at radius 3 is 2.44 bits per heavy atom. The van der Waals surface area contributed by atoms with E-state index in [9.17, 15) is 9.59 Å². The zero-order valence-electron chi connectivity index (χ0n) is 10.3. The predicted molar refractivity (Wildman–Crippen MR) is 68.2 cm³/mol. The molecule has 0 aliphatic rings. The molecule has 0 aromatic heterocycles. The van der Waals surface area contributed by atoms with Crippen LogP contribution in [0.3, 0.4) is 0 Å².